The monoisotopic (exact) mass is 379 g/mol. The van der Waals surface area contributed by atoms with Crippen LogP contribution in [0.4, 0.5) is 10.1 Å². The standard InChI is InChI=1S/C21H18FN3O3/c1-12-19(25-20(27)16-10-8-15(9-11-16)14(3)26)13(2)24-21(23-12)28-18-7-5-4-6-17(18)22/h4-11H,1-3H3,(H,25,27). The van der Waals surface area contributed by atoms with Crippen LogP contribution in [-0.4, -0.2) is 21.7 Å². The summed E-state index contributed by atoms with van der Waals surface area (Å²) in [5, 5.41) is 2.77. The molecule has 7 heteroatoms. The fourth-order valence-electron chi connectivity index (χ4n) is 2.58. The van der Waals surface area contributed by atoms with Crippen LogP contribution < -0.4 is 10.1 Å². The van der Waals surface area contributed by atoms with E-state index in [-0.39, 0.29) is 23.5 Å². The van der Waals surface area contributed by atoms with Gasteiger partial charge in [-0.15, -0.1) is 0 Å². The zero-order chi connectivity index (χ0) is 20.3. The molecule has 2 aromatic carbocycles. The highest BCUT2D eigenvalue weighted by Crippen LogP contribution is 2.25. The van der Waals surface area contributed by atoms with Gasteiger partial charge in [0, 0.05) is 11.1 Å². The molecule has 142 valence electrons. The molecule has 0 aliphatic rings. The third-order valence-corrected chi connectivity index (χ3v) is 4.08. The first-order valence-corrected chi connectivity index (χ1v) is 8.55. The van der Waals surface area contributed by atoms with Gasteiger partial charge in [-0.25, -0.2) is 4.39 Å². The van der Waals surface area contributed by atoms with Gasteiger partial charge >= 0.3 is 6.01 Å². The number of ether oxygens (including phenoxy) is 1. The van der Waals surface area contributed by atoms with Crippen LogP contribution in [-0.2, 0) is 0 Å². The number of aryl methyl sites for hydroxylation is 2. The Morgan fingerprint density at radius 2 is 1.50 bits per heavy atom. The molecule has 0 saturated heterocycles. The molecule has 0 spiro atoms. The lowest BCUT2D eigenvalue weighted by Crippen LogP contribution is -2.15. The minimum atomic E-state index is -0.521. The fourth-order valence-corrected chi connectivity index (χ4v) is 2.58. The number of halogens is 1. The van der Waals surface area contributed by atoms with E-state index in [9.17, 15) is 14.0 Å². The summed E-state index contributed by atoms with van der Waals surface area (Å²) < 4.78 is 19.1. The van der Waals surface area contributed by atoms with Crippen molar-refractivity contribution in [1.29, 1.82) is 0 Å². The molecule has 0 saturated carbocycles. The minimum absolute atomic E-state index is 0.0103. The number of anilines is 1. The van der Waals surface area contributed by atoms with Crippen LogP contribution in [0.25, 0.3) is 0 Å². The molecule has 0 aliphatic heterocycles. The van der Waals surface area contributed by atoms with Crippen LogP contribution in [0.3, 0.4) is 0 Å². The molecule has 0 atom stereocenters. The number of nitrogens with one attached hydrogen (secondary N) is 1. The minimum Gasteiger partial charge on any atom is -0.421 e. The molecule has 0 bridgehead atoms. The Balaban J connectivity index is 1.80. The first kappa shape index (κ1) is 19.2. The molecule has 0 radical (unpaired) electrons. The van der Waals surface area contributed by atoms with E-state index in [0.29, 0.717) is 28.2 Å². The van der Waals surface area contributed by atoms with Crippen molar-refractivity contribution >= 4 is 17.4 Å². The topological polar surface area (TPSA) is 81.2 Å². The number of rotatable bonds is 5. The highest BCUT2D eigenvalue weighted by atomic mass is 19.1. The van der Waals surface area contributed by atoms with Gasteiger partial charge in [0.1, 0.15) is 0 Å². The van der Waals surface area contributed by atoms with E-state index in [1.165, 1.54) is 19.1 Å². The third kappa shape index (κ3) is 4.20. The van der Waals surface area contributed by atoms with Crippen molar-refractivity contribution in [2.24, 2.45) is 0 Å². The molecule has 1 N–H and O–H groups in total. The van der Waals surface area contributed by atoms with E-state index in [0.717, 1.165) is 0 Å². The Morgan fingerprint density at radius 1 is 0.929 bits per heavy atom. The number of aromatic nitrogens is 2. The van der Waals surface area contributed by atoms with E-state index in [1.807, 2.05) is 0 Å². The van der Waals surface area contributed by atoms with Crippen molar-refractivity contribution < 1.29 is 18.7 Å². The van der Waals surface area contributed by atoms with Crippen molar-refractivity contribution in [2.75, 3.05) is 5.32 Å². The molecular weight excluding hydrogens is 361 g/mol. The zero-order valence-electron chi connectivity index (χ0n) is 15.6. The number of para-hydroxylation sites is 1. The second-order valence-corrected chi connectivity index (χ2v) is 6.17. The molecule has 3 aromatic rings. The largest absolute Gasteiger partial charge is 0.421 e. The molecule has 1 heterocycles. The fraction of sp³-hybridized carbons (Fsp3) is 0.143. The highest BCUT2D eigenvalue weighted by Gasteiger charge is 2.15. The Hall–Kier alpha value is -3.61. The summed E-state index contributed by atoms with van der Waals surface area (Å²) in [6.07, 6.45) is 0. The molecule has 3 rings (SSSR count). The Labute approximate surface area is 161 Å². The van der Waals surface area contributed by atoms with Crippen molar-refractivity contribution in [2.45, 2.75) is 20.8 Å². The average molecular weight is 379 g/mol. The van der Waals surface area contributed by atoms with Crippen LogP contribution in [0, 0.1) is 19.7 Å². The quantitative estimate of drug-likeness (QED) is 0.661. The van der Waals surface area contributed by atoms with Crippen LogP contribution in [0.1, 0.15) is 39.0 Å². The number of nitrogens with zero attached hydrogens (tertiary/aromatic N) is 2. The van der Waals surface area contributed by atoms with Crippen LogP contribution >= 0.6 is 0 Å². The summed E-state index contributed by atoms with van der Waals surface area (Å²) in [6.45, 7) is 4.85. The molecule has 1 aromatic heterocycles. The predicted octanol–water partition coefficient (Wildman–Crippen LogP) is 4.48. The van der Waals surface area contributed by atoms with E-state index < -0.39 is 5.82 Å². The number of Topliss-reactive ketones (excluding diaryl/α,β-unsaturated/α-hetero) is 1. The molecule has 6 nitrogen and oxygen atoms in total. The lowest BCUT2D eigenvalue weighted by Gasteiger charge is -2.13. The van der Waals surface area contributed by atoms with E-state index >= 15 is 0 Å². The van der Waals surface area contributed by atoms with Crippen molar-refractivity contribution in [3.8, 4) is 11.8 Å². The van der Waals surface area contributed by atoms with Crippen molar-refractivity contribution in [1.82, 2.24) is 9.97 Å². The lowest BCUT2D eigenvalue weighted by atomic mass is 10.1. The second kappa shape index (κ2) is 7.96. The average Bonchev–Trinajstić information content (AvgIpc) is 2.66. The molecule has 0 unspecified atom stereocenters. The number of carbonyl (C=O) groups excluding carboxylic acids is 2. The second-order valence-electron chi connectivity index (χ2n) is 6.17. The highest BCUT2D eigenvalue weighted by molar-refractivity contribution is 6.05. The molecular formula is C21H18FN3O3. The van der Waals surface area contributed by atoms with Crippen LogP contribution in [0.5, 0.6) is 11.8 Å². The molecule has 28 heavy (non-hydrogen) atoms. The Morgan fingerprint density at radius 3 is 2.07 bits per heavy atom. The zero-order valence-corrected chi connectivity index (χ0v) is 15.6. The number of hydrogen-bond donors (Lipinski definition) is 1. The number of hydrogen-bond acceptors (Lipinski definition) is 5. The molecule has 0 fully saturated rings. The summed E-state index contributed by atoms with van der Waals surface area (Å²) in [6, 6.07) is 12.3. The maximum absolute atomic E-state index is 13.7. The van der Waals surface area contributed by atoms with Crippen molar-refractivity contribution in [3.05, 3.63) is 76.9 Å². The van der Waals surface area contributed by atoms with Gasteiger partial charge in [-0.2, -0.15) is 9.97 Å². The van der Waals surface area contributed by atoms with E-state index in [2.05, 4.69) is 15.3 Å². The summed E-state index contributed by atoms with van der Waals surface area (Å²) in [7, 11) is 0. The summed E-state index contributed by atoms with van der Waals surface area (Å²) in [4.78, 5) is 32.2. The van der Waals surface area contributed by atoms with Gasteiger partial charge in [-0.1, -0.05) is 24.3 Å². The number of benzene rings is 2. The summed E-state index contributed by atoms with van der Waals surface area (Å²) >= 11 is 0. The molecule has 1 amide bonds. The first-order chi connectivity index (χ1) is 13.3. The summed E-state index contributed by atoms with van der Waals surface area (Å²) in [5.41, 5.74) is 2.33. The van der Waals surface area contributed by atoms with Crippen LogP contribution in [0.2, 0.25) is 0 Å². The van der Waals surface area contributed by atoms with Gasteiger partial charge in [0.2, 0.25) is 0 Å². The van der Waals surface area contributed by atoms with Gasteiger partial charge in [0.15, 0.2) is 17.3 Å². The molecule has 0 aliphatic carbocycles. The normalized spacial score (nSPS) is 10.4. The van der Waals surface area contributed by atoms with Gasteiger partial charge in [0.05, 0.1) is 17.1 Å². The van der Waals surface area contributed by atoms with E-state index in [4.69, 9.17) is 4.74 Å². The van der Waals surface area contributed by atoms with E-state index in [1.54, 1.807) is 50.2 Å². The predicted molar refractivity (Wildman–Crippen MR) is 102 cm³/mol. The maximum atomic E-state index is 13.7. The van der Waals surface area contributed by atoms with Crippen molar-refractivity contribution in [3.63, 3.8) is 0 Å². The number of ketones is 1. The third-order valence-electron chi connectivity index (χ3n) is 4.08. The Bertz CT molecular complexity index is 1030. The summed E-state index contributed by atoms with van der Waals surface area (Å²) in [5.74, 6) is -0.929. The number of amides is 1. The van der Waals surface area contributed by atoms with Gasteiger partial charge in [-0.3, -0.25) is 9.59 Å². The number of carbonyl (C=O) groups is 2. The Kier molecular flexibility index (Phi) is 5.44. The first-order valence-electron chi connectivity index (χ1n) is 8.55. The van der Waals surface area contributed by atoms with Gasteiger partial charge in [-0.05, 0) is 45.0 Å². The van der Waals surface area contributed by atoms with Gasteiger partial charge < -0.3 is 10.1 Å². The SMILES string of the molecule is CC(=O)c1ccc(C(=O)Nc2c(C)nc(Oc3ccccc3F)nc2C)cc1. The maximum Gasteiger partial charge on any atom is 0.322 e. The lowest BCUT2D eigenvalue weighted by molar-refractivity contribution is 0.100. The van der Waals surface area contributed by atoms with Crippen LogP contribution in [0.15, 0.2) is 48.5 Å². The smallest absolute Gasteiger partial charge is 0.322 e. The van der Waals surface area contributed by atoms with Gasteiger partial charge in [0.25, 0.3) is 5.91 Å².